The Balaban J connectivity index is 2.07. The molecule has 2 aromatic rings. The Bertz CT molecular complexity index is 593. The van der Waals surface area contributed by atoms with Crippen LogP contribution in [0.4, 0.5) is 0 Å². The largest absolute Gasteiger partial charge is 0.481 e. The lowest BCUT2D eigenvalue weighted by molar-refractivity contribution is -0.133. The molecule has 0 aliphatic carbocycles. The van der Waals surface area contributed by atoms with E-state index in [4.69, 9.17) is 9.63 Å². The lowest BCUT2D eigenvalue weighted by Gasteiger charge is -2.08. The predicted octanol–water partition coefficient (Wildman–Crippen LogP) is 1.56. The van der Waals surface area contributed by atoms with Gasteiger partial charge in [-0.25, -0.2) is 4.98 Å². The van der Waals surface area contributed by atoms with Gasteiger partial charge in [0.2, 0.25) is 5.89 Å². The molecule has 8 heteroatoms. The fraction of sp³-hybridized carbons (Fsp3) is 0.500. The van der Waals surface area contributed by atoms with Gasteiger partial charge in [0.05, 0.1) is 5.75 Å². The molecule has 0 saturated carbocycles. The minimum atomic E-state index is -0.851. The predicted molar refractivity (Wildman–Crippen MR) is 72.7 cm³/mol. The van der Waals surface area contributed by atoms with Gasteiger partial charge in [0, 0.05) is 31.8 Å². The second kappa shape index (κ2) is 6.56. The molecule has 0 aromatic carbocycles. The summed E-state index contributed by atoms with van der Waals surface area (Å²) in [6.07, 6.45) is 3.25. The third-order valence-electron chi connectivity index (χ3n) is 2.72. The van der Waals surface area contributed by atoms with Crippen molar-refractivity contribution in [2.75, 3.05) is 5.75 Å². The number of carbonyl (C=O) groups is 1. The molecule has 0 saturated heterocycles. The van der Waals surface area contributed by atoms with E-state index in [-0.39, 0.29) is 5.75 Å². The van der Waals surface area contributed by atoms with E-state index in [1.54, 1.807) is 13.1 Å². The highest BCUT2D eigenvalue weighted by Gasteiger charge is 2.12. The van der Waals surface area contributed by atoms with Crippen LogP contribution in [0.3, 0.4) is 0 Å². The molecule has 0 atom stereocenters. The number of hydrogen-bond donors (Lipinski definition) is 1. The zero-order valence-corrected chi connectivity index (χ0v) is 12.2. The summed E-state index contributed by atoms with van der Waals surface area (Å²) in [4.78, 5) is 19.1. The van der Waals surface area contributed by atoms with Crippen molar-refractivity contribution in [2.45, 2.75) is 38.4 Å². The summed E-state index contributed by atoms with van der Waals surface area (Å²) in [5.41, 5.74) is 1.07. The van der Waals surface area contributed by atoms with Gasteiger partial charge in [0.25, 0.3) is 0 Å². The molecule has 2 rings (SSSR count). The average Bonchev–Trinajstić information content (AvgIpc) is 2.99. The molecule has 20 heavy (non-hydrogen) atoms. The Morgan fingerprint density at radius 1 is 1.55 bits per heavy atom. The minimum absolute atomic E-state index is 0.00147. The van der Waals surface area contributed by atoms with Crippen LogP contribution >= 0.6 is 11.8 Å². The van der Waals surface area contributed by atoms with Crippen LogP contribution in [0.25, 0.3) is 0 Å². The number of rotatable bonds is 7. The normalized spacial score (nSPS) is 10.9. The van der Waals surface area contributed by atoms with Crippen LogP contribution in [0.1, 0.15) is 24.3 Å². The molecule has 0 amide bonds. The van der Waals surface area contributed by atoms with Gasteiger partial charge in [-0.1, -0.05) is 23.8 Å². The Morgan fingerprint density at radius 3 is 2.95 bits per heavy atom. The summed E-state index contributed by atoms with van der Waals surface area (Å²) in [6.45, 7) is 4.45. The van der Waals surface area contributed by atoms with Crippen molar-refractivity contribution >= 4 is 17.7 Å². The highest BCUT2D eigenvalue weighted by molar-refractivity contribution is 7.99. The molecule has 7 nitrogen and oxygen atoms in total. The summed E-state index contributed by atoms with van der Waals surface area (Å²) < 4.78 is 6.94. The lowest BCUT2D eigenvalue weighted by Crippen LogP contribution is -2.08. The third-order valence-corrected chi connectivity index (χ3v) is 3.69. The van der Waals surface area contributed by atoms with E-state index in [2.05, 4.69) is 15.1 Å². The van der Waals surface area contributed by atoms with Crippen molar-refractivity contribution in [2.24, 2.45) is 0 Å². The van der Waals surface area contributed by atoms with Gasteiger partial charge in [-0.2, -0.15) is 4.98 Å². The maximum Gasteiger partial charge on any atom is 0.313 e. The fourth-order valence-corrected chi connectivity index (χ4v) is 2.55. The molecular weight excluding hydrogens is 280 g/mol. The van der Waals surface area contributed by atoms with Crippen LogP contribution in [-0.4, -0.2) is 36.5 Å². The second-order valence-corrected chi connectivity index (χ2v) is 5.14. The van der Waals surface area contributed by atoms with Crippen molar-refractivity contribution in [1.29, 1.82) is 0 Å². The first kappa shape index (κ1) is 14.6. The summed E-state index contributed by atoms with van der Waals surface area (Å²) in [5, 5.41) is 13.3. The minimum Gasteiger partial charge on any atom is -0.481 e. The van der Waals surface area contributed by atoms with Crippen LogP contribution < -0.4 is 0 Å². The number of carboxylic acids is 1. The highest BCUT2D eigenvalue weighted by Crippen LogP contribution is 2.19. The van der Waals surface area contributed by atoms with Crippen LogP contribution in [0.15, 0.2) is 15.9 Å². The Labute approximate surface area is 120 Å². The van der Waals surface area contributed by atoms with E-state index >= 15 is 0 Å². The van der Waals surface area contributed by atoms with Crippen molar-refractivity contribution < 1.29 is 14.4 Å². The van der Waals surface area contributed by atoms with Gasteiger partial charge >= 0.3 is 5.97 Å². The Kier molecular flexibility index (Phi) is 4.78. The van der Waals surface area contributed by atoms with Gasteiger partial charge in [-0.05, 0) is 6.42 Å². The SMILES string of the molecule is CCc1cnc(SCC(=O)O)n1CCc1noc(C)n1. The number of aromatic nitrogens is 4. The topological polar surface area (TPSA) is 94.0 Å². The molecule has 0 spiro atoms. The van der Waals surface area contributed by atoms with Crippen LogP contribution in [-0.2, 0) is 24.2 Å². The monoisotopic (exact) mass is 296 g/mol. The number of hydrogen-bond acceptors (Lipinski definition) is 6. The zero-order valence-electron chi connectivity index (χ0n) is 11.4. The molecule has 0 radical (unpaired) electrons. The van der Waals surface area contributed by atoms with Gasteiger partial charge in [0.1, 0.15) is 0 Å². The first-order valence-corrected chi connectivity index (χ1v) is 7.27. The molecule has 0 fully saturated rings. The third kappa shape index (κ3) is 3.60. The summed E-state index contributed by atoms with van der Waals surface area (Å²) in [5.74, 6) is 0.340. The summed E-state index contributed by atoms with van der Waals surface area (Å²) in [6, 6.07) is 0. The van der Waals surface area contributed by atoms with Crippen molar-refractivity contribution in [1.82, 2.24) is 19.7 Å². The molecule has 2 heterocycles. The van der Waals surface area contributed by atoms with Gasteiger partial charge < -0.3 is 14.2 Å². The van der Waals surface area contributed by atoms with E-state index in [1.807, 2.05) is 11.5 Å². The first-order chi connectivity index (χ1) is 9.60. The number of imidazole rings is 1. The zero-order chi connectivity index (χ0) is 14.5. The standard InChI is InChI=1S/C12H16N4O3S/c1-3-9-6-13-12(20-7-11(17)18)16(9)5-4-10-14-8(2)19-15-10/h6H,3-5,7H2,1-2H3,(H,17,18). The van der Waals surface area contributed by atoms with E-state index in [0.29, 0.717) is 29.8 Å². The fourth-order valence-electron chi connectivity index (χ4n) is 1.81. The lowest BCUT2D eigenvalue weighted by atomic mass is 10.3. The second-order valence-electron chi connectivity index (χ2n) is 4.20. The molecular formula is C12H16N4O3S. The quantitative estimate of drug-likeness (QED) is 0.775. The van der Waals surface area contributed by atoms with Crippen molar-refractivity contribution in [3.63, 3.8) is 0 Å². The van der Waals surface area contributed by atoms with E-state index in [9.17, 15) is 4.79 Å². The van der Waals surface area contributed by atoms with Crippen LogP contribution in [0, 0.1) is 6.92 Å². The summed E-state index contributed by atoms with van der Waals surface area (Å²) >= 11 is 1.22. The molecule has 0 unspecified atom stereocenters. The van der Waals surface area contributed by atoms with Gasteiger partial charge in [-0.15, -0.1) is 0 Å². The molecule has 2 aromatic heterocycles. The van der Waals surface area contributed by atoms with Gasteiger partial charge in [0.15, 0.2) is 11.0 Å². The summed E-state index contributed by atoms with van der Waals surface area (Å²) in [7, 11) is 0. The maximum absolute atomic E-state index is 10.7. The molecule has 108 valence electrons. The smallest absolute Gasteiger partial charge is 0.313 e. The number of aliphatic carboxylic acids is 1. The van der Waals surface area contributed by atoms with Crippen molar-refractivity contribution in [3.8, 4) is 0 Å². The van der Waals surface area contributed by atoms with E-state index in [1.165, 1.54) is 11.8 Å². The van der Waals surface area contributed by atoms with E-state index < -0.39 is 5.97 Å². The van der Waals surface area contributed by atoms with Crippen LogP contribution in [0.5, 0.6) is 0 Å². The van der Waals surface area contributed by atoms with Gasteiger partial charge in [-0.3, -0.25) is 4.79 Å². The molecule has 1 N–H and O–H groups in total. The molecule has 0 aliphatic rings. The van der Waals surface area contributed by atoms with Crippen LogP contribution in [0.2, 0.25) is 0 Å². The number of nitrogens with zero attached hydrogens (tertiary/aromatic N) is 4. The Hall–Kier alpha value is -1.83. The Morgan fingerprint density at radius 2 is 2.35 bits per heavy atom. The number of aryl methyl sites for hydroxylation is 3. The molecule has 0 bridgehead atoms. The van der Waals surface area contributed by atoms with E-state index in [0.717, 1.165) is 12.1 Å². The number of carboxylic acid groups (broad SMARTS) is 1. The number of thioether (sulfide) groups is 1. The average molecular weight is 296 g/mol. The first-order valence-electron chi connectivity index (χ1n) is 6.28. The highest BCUT2D eigenvalue weighted by atomic mass is 32.2. The maximum atomic E-state index is 10.7. The molecule has 0 aliphatic heterocycles. The van der Waals surface area contributed by atoms with Crippen molar-refractivity contribution in [3.05, 3.63) is 23.6 Å².